The predicted molar refractivity (Wildman–Crippen MR) is 52.6 cm³/mol. The Morgan fingerprint density at radius 1 is 1.15 bits per heavy atom. The molecule has 0 heterocycles. The first-order valence-corrected chi connectivity index (χ1v) is 4.54. The summed E-state index contributed by atoms with van der Waals surface area (Å²) in [6.45, 7) is 3.93. The van der Waals surface area contributed by atoms with E-state index in [0.717, 1.165) is 11.1 Å². The smallest absolute Gasteiger partial charge is 0.102 e. The molecule has 0 radical (unpaired) electrons. The molecule has 0 spiro atoms. The number of rotatable bonds is 3. The maximum absolute atomic E-state index is 9.51. The van der Waals surface area contributed by atoms with Crippen LogP contribution in [0, 0.1) is 0 Å². The lowest BCUT2D eigenvalue weighted by Crippen LogP contribution is -2.06. The zero-order valence-corrected chi connectivity index (χ0v) is 8.07. The van der Waals surface area contributed by atoms with E-state index in [4.69, 9.17) is 5.11 Å². The van der Waals surface area contributed by atoms with E-state index in [1.807, 2.05) is 24.3 Å². The zero-order chi connectivity index (χ0) is 9.84. The normalized spacial score (nSPS) is 13.3. The fourth-order valence-electron chi connectivity index (χ4n) is 1.44. The molecule has 2 nitrogen and oxygen atoms in total. The summed E-state index contributed by atoms with van der Waals surface area (Å²) >= 11 is 0. The third-order valence-electron chi connectivity index (χ3n) is 2.15. The van der Waals surface area contributed by atoms with E-state index in [0.29, 0.717) is 5.92 Å². The van der Waals surface area contributed by atoms with Gasteiger partial charge < -0.3 is 10.2 Å². The molecular weight excluding hydrogens is 164 g/mol. The van der Waals surface area contributed by atoms with Gasteiger partial charge in [0.25, 0.3) is 0 Å². The Hall–Kier alpha value is -0.860. The summed E-state index contributed by atoms with van der Waals surface area (Å²) < 4.78 is 0. The minimum absolute atomic E-state index is 0.219. The predicted octanol–water partition coefficient (Wildman–Crippen LogP) is 1.84. The van der Waals surface area contributed by atoms with Gasteiger partial charge in [0, 0.05) is 0 Å². The van der Waals surface area contributed by atoms with E-state index in [1.165, 1.54) is 0 Å². The van der Waals surface area contributed by atoms with Crippen molar-refractivity contribution in [3.63, 3.8) is 0 Å². The van der Waals surface area contributed by atoms with Crippen molar-refractivity contribution in [3.8, 4) is 0 Å². The van der Waals surface area contributed by atoms with E-state index in [1.54, 1.807) is 0 Å². The second-order valence-electron chi connectivity index (χ2n) is 3.48. The van der Waals surface area contributed by atoms with E-state index < -0.39 is 6.10 Å². The summed E-state index contributed by atoms with van der Waals surface area (Å²) in [5, 5.41) is 18.4. The molecule has 0 fully saturated rings. The van der Waals surface area contributed by atoms with Crippen LogP contribution < -0.4 is 0 Å². The van der Waals surface area contributed by atoms with E-state index in [9.17, 15) is 5.11 Å². The molecule has 0 bridgehead atoms. The van der Waals surface area contributed by atoms with Gasteiger partial charge in [-0.15, -0.1) is 0 Å². The fraction of sp³-hybridized carbons (Fsp3) is 0.455. The van der Waals surface area contributed by atoms with Crippen LogP contribution in [0.1, 0.15) is 37.0 Å². The average Bonchev–Trinajstić information content (AvgIpc) is 2.16. The van der Waals surface area contributed by atoms with Crippen molar-refractivity contribution in [1.82, 2.24) is 0 Å². The van der Waals surface area contributed by atoms with Gasteiger partial charge in [-0.3, -0.25) is 0 Å². The van der Waals surface area contributed by atoms with Gasteiger partial charge in [-0.25, -0.2) is 0 Å². The highest BCUT2D eigenvalue weighted by atomic mass is 16.3. The molecule has 2 N–H and O–H groups in total. The van der Waals surface area contributed by atoms with E-state index in [-0.39, 0.29) is 6.61 Å². The van der Waals surface area contributed by atoms with Crippen molar-refractivity contribution in [2.24, 2.45) is 0 Å². The maximum atomic E-state index is 9.51. The van der Waals surface area contributed by atoms with Crippen LogP contribution in [0.25, 0.3) is 0 Å². The van der Waals surface area contributed by atoms with Crippen molar-refractivity contribution in [1.29, 1.82) is 0 Å². The highest BCUT2D eigenvalue weighted by Gasteiger charge is 2.12. The molecule has 0 aromatic heterocycles. The summed E-state index contributed by atoms with van der Waals surface area (Å²) in [5.74, 6) is 0.373. The average molecular weight is 180 g/mol. The molecule has 1 atom stereocenters. The van der Waals surface area contributed by atoms with Crippen LogP contribution in [0.15, 0.2) is 24.3 Å². The van der Waals surface area contributed by atoms with Gasteiger partial charge in [0.2, 0.25) is 0 Å². The lowest BCUT2D eigenvalue weighted by molar-refractivity contribution is 0.0947. The highest BCUT2D eigenvalue weighted by Crippen LogP contribution is 2.24. The highest BCUT2D eigenvalue weighted by molar-refractivity contribution is 5.31. The second-order valence-corrected chi connectivity index (χ2v) is 3.48. The van der Waals surface area contributed by atoms with Gasteiger partial charge in [-0.2, -0.15) is 0 Å². The second kappa shape index (κ2) is 4.40. The van der Waals surface area contributed by atoms with Crippen LogP contribution in [0.3, 0.4) is 0 Å². The Kier molecular flexibility index (Phi) is 3.46. The SMILES string of the molecule is CC(C)c1ccccc1C(O)CO. The minimum Gasteiger partial charge on any atom is -0.393 e. The number of aliphatic hydroxyl groups is 2. The van der Waals surface area contributed by atoms with Gasteiger partial charge in [0.05, 0.1) is 6.61 Å². The summed E-state index contributed by atoms with van der Waals surface area (Å²) in [5.41, 5.74) is 1.93. The molecule has 1 unspecified atom stereocenters. The van der Waals surface area contributed by atoms with Crippen molar-refractivity contribution in [2.45, 2.75) is 25.9 Å². The molecule has 2 heteroatoms. The number of aliphatic hydroxyl groups excluding tert-OH is 2. The van der Waals surface area contributed by atoms with Crippen LogP contribution in [0.2, 0.25) is 0 Å². The molecule has 13 heavy (non-hydrogen) atoms. The van der Waals surface area contributed by atoms with Gasteiger partial charge in [0.1, 0.15) is 6.10 Å². The molecule has 0 aliphatic carbocycles. The van der Waals surface area contributed by atoms with Crippen LogP contribution in [-0.2, 0) is 0 Å². The van der Waals surface area contributed by atoms with Crippen molar-refractivity contribution >= 4 is 0 Å². The monoisotopic (exact) mass is 180 g/mol. The topological polar surface area (TPSA) is 40.5 Å². The lowest BCUT2D eigenvalue weighted by Gasteiger charge is -2.15. The van der Waals surface area contributed by atoms with Gasteiger partial charge in [0.15, 0.2) is 0 Å². The fourth-order valence-corrected chi connectivity index (χ4v) is 1.44. The summed E-state index contributed by atoms with van der Waals surface area (Å²) in [7, 11) is 0. The molecule has 0 aliphatic rings. The third kappa shape index (κ3) is 2.29. The molecule has 1 aromatic carbocycles. The van der Waals surface area contributed by atoms with Crippen molar-refractivity contribution in [2.75, 3.05) is 6.61 Å². The van der Waals surface area contributed by atoms with Crippen LogP contribution in [0.5, 0.6) is 0 Å². The van der Waals surface area contributed by atoms with Gasteiger partial charge in [-0.1, -0.05) is 38.1 Å². The first kappa shape index (κ1) is 10.2. The molecular formula is C11H16O2. The minimum atomic E-state index is -0.751. The first-order chi connectivity index (χ1) is 6.16. The van der Waals surface area contributed by atoms with E-state index >= 15 is 0 Å². The first-order valence-electron chi connectivity index (χ1n) is 4.54. The Labute approximate surface area is 78.8 Å². The molecule has 1 aromatic rings. The molecule has 0 aliphatic heterocycles. The number of hydrogen-bond acceptors (Lipinski definition) is 2. The molecule has 0 saturated heterocycles. The summed E-state index contributed by atoms with van der Waals surface area (Å²) in [6.07, 6.45) is -0.751. The van der Waals surface area contributed by atoms with Gasteiger partial charge in [-0.05, 0) is 17.0 Å². The van der Waals surface area contributed by atoms with Crippen molar-refractivity contribution < 1.29 is 10.2 Å². The molecule has 0 saturated carbocycles. The molecule has 1 rings (SSSR count). The van der Waals surface area contributed by atoms with Gasteiger partial charge >= 0.3 is 0 Å². The largest absolute Gasteiger partial charge is 0.393 e. The summed E-state index contributed by atoms with van der Waals surface area (Å²) in [4.78, 5) is 0. The lowest BCUT2D eigenvalue weighted by atomic mass is 9.94. The Morgan fingerprint density at radius 3 is 2.15 bits per heavy atom. The quantitative estimate of drug-likeness (QED) is 0.745. The zero-order valence-electron chi connectivity index (χ0n) is 8.07. The van der Waals surface area contributed by atoms with Crippen LogP contribution >= 0.6 is 0 Å². The standard InChI is InChI=1S/C11H16O2/c1-8(2)9-5-3-4-6-10(9)11(13)7-12/h3-6,8,11-13H,7H2,1-2H3. The Bertz CT molecular complexity index is 269. The number of hydrogen-bond donors (Lipinski definition) is 2. The van der Waals surface area contributed by atoms with Crippen LogP contribution in [-0.4, -0.2) is 16.8 Å². The molecule has 72 valence electrons. The van der Waals surface area contributed by atoms with E-state index in [2.05, 4.69) is 13.8 Å². The Balaban J connectivity index is 3.04. The molecule has 0 amide bonds. The summed E-state index contributed by atoms with van der Waals surface area (Å²) in [6, 6.07) is 7.66. The Morgan fingerprint density at radius 2 is 1.69 bits per heavy atom. The van der Waals surface area contributed by atoms with Crippen molar-refractivity contribution in [3.05, 3.63) is 35.4 Å². The number of benzene rings is 1. The maximum Gasteiger partial charge on any atom is 0.102 e. The van der Waals surface area contributed by atoms with Crippen LogP contribution in [0.4, 0.5) is 0 Å². The third-order valence-corrected chi connectivity index (χ3v) is 2.15.